The Morgan fingerprint density at radius 3 is 2.26 bits per heavy atom. The van der Waals surface area contributed by atoms with Gasteiger partial charge in [-0.05, 0) is 30.7 Å². The number of rotatable bonds is 7. The lowest BCUT2D eigenvalue weighted by Crippen LogP contribution is -2.56. The summed E-state index contributed by atoms with van der Waals surface area (Å²) in [5.74, 6) is 0.338. The molecule has 1 aromatic rings. The van der Waals surface area contributed by atoms with Gasteiger partial charge in [-0.15, -0.1) is 0 Å². The fourth-order valence-electron chi connectivity index (χ4n) is 2.98. The van der Waals surface area contributed by atoms with E-state index in [2.05, 4.69) is 5.32 Å². The van der Waals surface area contributed by atoms with Gasteiger partial charge in [0.25, 0.3) is 0 Å². The molecule has 0 saturated carbocycles. The Morgan fingerprint density at radius 1 is 1.19 bits per heavy atom. The van der Waals surface area contributed by atoms with Crippen LogP contribution in [0.5, 0.6) is 5.75 Å². The number of ether oxygens (including phenoxy) is 1. The van der Waals surface area contributed by atoms with Gasteiger partial charge in [-0.25, -0.2) is 13.2 Å². The lowest BCUT2D eigenvalue weighted by molar-refractivity contribution is -0.134. The van der Waals surface area contributed by atoms with Crippen LogP contribution in [-0.4, -0.2) is 68.9 Å². The highest BCUT2D eigenvalue weighted by Crippen LogP contribution is 2.21. The number of carbonyl (C=O) groups excluding carboxylic acids is 2. The topological polar surface area (TPSA) is 122 Å². The first-order valence-corrected chi connectivity index (χ1v) is 10.2. The summed E-state index contributed by atoms with van der Waals surface area (Å²) < 4.78 is 31.9. The van der Waals surface area contributed by atoms with E-state index in [1.54, 1.807) is 17.0 Å². The Balaban J connectivity index is 2.02. The highest BCUT2D eigenvalue weighted by atomic mass is 32.2. The molecule has 0 bridgehead atoms. The number of nitrogens with zero attached hydrogens (tertiary/aromatic N) is 2. The normalized spacial score (nSPS) is 16.6. The molecule has 0 aromatic heterocycles. The van der Waals surface area contributed by atoms with Crippen molar-refractivity contribution in [2.75, 3.05) is 33.3 Å². The molecule has 0 radical (unpaired) electrons. The Morgan fingerprint density at radius 2 is 1.78 bits per heavy atom. The van der Waals surface area contributed by atoms with E-state index in [1.807, 2.05) is 6.92 Å². The second-order valence-corrected chi connectivity index (χ2v) is 8.19. The highest BCUT2D eigenvalue weighted by molar-refractivity contribution is 7.89. The van der Waals surface area contributed by atoms with Crippen molar-refractivity contribution in [3.8, 4) is 5.75 Å². The predicted molar refractivity (Wildman–Crippen MR) is 99.7 cm³/mol. The van der Waals surface area contributed by atoms with E-state index in [9.17, 15) is 18.0 Å². The van der Waals surface area contributed by atoms with Crippen LogP contribution in [0.1, 0.15) is 19.8 Å². The molecule has 1 atom stereocenters. The first-order chi connectivity index (χ1) is 12.8. The van der Waals surface area contributed by atoms with Crippen LogP contribution >= 0.6 is 0 Å². The molecule has 0 unspecified atom stereocenters. The minimum atomic E-state index is -3.64. The van der Waals surface area contributed by atoms with Gasteiger partial charge in [-0.3, -0.25) is 4.79 Å². The van der Waals surface area contributed by atoms with Gasteiger partial charge in [0.15, 0.2) is 0 Å². The van der Waals surface area contributed by atoms with E-state index in [0.29, 0.717) is 18.6 Å². The quantitative estimate of drug-likeness (QED) is 0.687. The number of primary amides is 1. The fourth-order valence-corrected chi connectivity index (χ4v) is 4.41. The number of carbonyl (C=O) groups is 2. The second kappa shape index (κ2) is 9.05. The molecular formula is C17H26N4O5S. The molecule has 1 fully saturated rings. The number of hydrogen-bond acceptors (Lipinski definition) is 5. The van der Waals surface area contributed by atoms with E-state index in [-0.39, 0.29) is 37.0 Å². The molecule has 1 aliphatic heterocycles. The standard InChI is InChI=1S/C17H26N4O5S/c1-3-4-15(19-17(18)23)16(22)20-9-11-21(12-10-20)27(24,25)14-7-5-13(26-2)6-8-14/h5-8,15H,3-4,9-12H2,1-2H3,(H3,18,19,23)/t15-/m1/s1. The zero-order valence-corrected chi connectivity index (χ0v) is 16.4. The monoisotopic (exact) mass is 398 g/mol. The SMILES string of the molecule is CCC[C@@H](NC(N)=O)C(=O)N1CCN(S(=O)(=O)c2ccc(OC)cc2)CC1. The molecule has 27 heavy (non-hydrogen) atoms. The third kappa shape index (κ3) is 5.10. The van der Waals surface area contributed by atoms with Crippen LogP contribution in [0.25, 0.3) is 0 Å². The molecule has 10 heteroatoms. The molecule has 9 nitrogen and oxygen atoms in total. The summed E-state index contributed by atoms with van der Waals surface area (Å²) in [4.78, 5) is 25.4. The van der Waals surface area contributed by atoms with Crippen molar-refractivity contribution in [3.63, 3.8) is 0 Å². The van der Waals surface area contributed by atoms with Crippen molar-refractivity contribution < 1.29 is 22.7 Å². The summed E-state index contributed by atoms with van der Waals surface area (Å²) in [7, 11) is -2.12. The maximum Gasteiger partial charge on any atom is 0.312 e. The second-order valence-electron chi connectivity index (χ2n) is 6.25. The van der Waals surface area contributed by atoms with Crippen molar-refractivity contribution in [2.45, 2.75) is 30.7 Å². The fraction of sp³-hybridized carbons (Fsp3) is 0.529. The predicted octanol–water partition coefficient (Wildman–Crippen LogP) is 0.365. The maximum absolute atomic E-state index is 12.8. The van der Waals surface area contributed by atoms with Crippen molar-refractivity contribution in [1.82, 2.24) is 14.5 Å². The largest absolute Gasteiger partial charge is 0.497 e. The van der Waals surface area contributed by atoms with Gasteiger partial charge in [0.2, 0.25) is 15.9 Å². The van der Waals surface area contributed by atoms with Crippen LogP contribution in [0.4, 0.5) is 4.79 Å². The average molecular weight is 398 g/mol. The number of urea groups is 1. The summed E-state index contributed by atoms with van der Waals surface area (Å²) in [6.45, 7) is 2.80. The Bertz CT molecular complexity index is 758. The zero-order chi connectivity index (χ0) is 20.0. The molecule has 1 heterocycles. The van der Waals surface area contributed by atoms with Gasteiger partial charge in [0.1, 0.15) is 11.8 Å². The summed E-state index contributed by atoms with van der Waals surface area (Å²) in [5, 5.41) is 2.46. The summed E-state index contributed by atoms with van der Waals surface area (Å²) in [6, 6.07) is 4.76. The maximum atomic E-state index is 12.8. The van der Waals surface area contributed by atoms with Crippen LogP contribution in [0.3, 0.4) is 0 Å². The summed E-state index contributed by atoms with van der Waals surface area (Å²) in [5.41, 5.74) is 5.14. The number of nitrogens with two attached hydrogens (primary N) is 1. The minimum absolute atomic E-state index is 0.183. The molecule has 1 aromatic carbocycles. The Hall–Kier alpha value is -2.33. The minimum Gasteiger partial charge on any atom is -0.497 e. The van der Waals surface area contributed by atoms with Crippen LogP contribution in [0.15, 0.2) is 29.2 Å². The molecule has 1 saturated heterocycles. The molecule has 0 spiro atoms. The van der Waals surface area contributed by atoms with Crippen LogP contribution in [0.2, 0.25) is 0 Å². The van der Waals surface area contributed by atoms with E-state index in [4.69, 9.17) is 10.5 Å². The number of methoxy groups -OCH3 is 1. The van der Waals surface area contributed by atoms with Gasteiger partial charge >= 0.3 is 6.03 Å². The molecule has 0 aliphatic carbocycles. The van der Waals surface area contributed by atoms with Crippen LogP contribution in [0, 0.1) is 0 Å². The molecule has 2 rings (SSSR count). The number of nitrogens with one attached hydrogen (secondary N) is 1. The Kier molecular flexibility index (Phi) is 7.03. The number of hydrogen-bond donors (Lipinski definition) is 2. The lowest BCUT2D eigenvalue weighted by Gasteiger charge is -2.35. The van der Waals surface area contributed by atoms with E-state index in [1.165, 1.54) is 23.5 Å². The van der Waals surface area contributed by atoms with Crippen molar-refractivity contribution in [1.29, 1.82) is 0 Å². The van der Waals surface area contributed by atoms with E-state index < -0.39 is 22.1 Å². The first kappa shape index (κ1) is 21.0. The molecule has 3 amide bonds. The van der Waals surface area contributed by atoms with E-state index in [0.717, 1.165) is 0 Å². The summed E-state index contributed by atoms with van der Waals surface area (Å²) in [6.07, 6.45) is 1.19. The van der Waals surface area contributed by atoms with Crippen molar-refractivity contribution >= 4 is 22.0 Å². The van der Waals surface area contributed by atoms with Gasteiger partial charge in [-0.2, -0.15) is 4.31 Å². The number of amides is 3. The highest BCUT2D eigenvalue weighted by Gasteiger charge is 2.32. The van der Waals surface area contributed by atoms with Gasteiger partial charge in [0.05, 0.1) is 12.0 Å². The Labute approximate surface area is 159 Å². The van der Waals surface area contributed by atoms with E-state index >= 15 is 0 Å². The number of benzene rings is 1. The molecule has 3 N–H and O–H groups in total. The third-order valence-electron chi connectivity index (χ3n) is 4.44. The van der Waals surface area contributed by atoms with Crippen LogP contribution < -0.4 is 15.8 Å². The lowest BCUT2D eigenvalue weighted by atomic mass is 10.1. The summed E-state index contributed by atoms with van der Waals surface area (Å²) >= 11 is 0. The first-order valence-electron chi connectivity index (χ1n) is 8.78. The van der Waals surface area contributed by atoms with Gasteiger partial charge in [0, 0.05) is 26.2 Å². The molecule has 150 valence electrons. The van der Waals surface area contributed by atoms with Crippen LogP contribution in [-0.2, 0) is 14.8 Å². The van der Waals surface area contributed by atoms with Gasteiger partial charge in [-0.1, -0.05) is 13.3 Å². The zero-order valence-electron chi connectivity index (χ0n) is 15.6. The number of sulfonamides is 1. The number of piperazine rings is 1. The molecule has 1 aliphatic rings. The van der Waals surface area contributed by atoms with Crippen molar-refractivity contribution in [3.05, 3.63) is 24.3 Å². The van der Waals surface area contributed by atoms with Crippen molar-refractivity contribution in [2.24, 2.45) is 5.73 Å². The van der Waals surface area contributed by atoms with Gasteiger partial charge < -0.3 is 20.7 Å². The molecular weight excluding hydrogens is 372 g/mol. The third-order valence-corrected chi connectivity index (χ3v) is 6.35. The smallest absolute Gasteiger partial charge is 0.312 e. The average Bonchev–Trinajstić information content (AvgIpc) is 2.67.